The Morgan fingerprint density at radius 3 is 2.75 bits per heavy atom. The molecule has 1 heterocycles. The first-order chi connectivity index (χ1) is 9.51. The van der Waals surface area contributed by atoms with Crippen LogP contribution in [0.2, 0.25) is 0 Å². The van der Waals surface area contributed by atoms with Crippen molar-refractivity contribution in [3.8, 4) is 0 Å². The Bertz CT molecular complexity index is 661. The predicted octanol–water partition coefficient (Wildman–Crippen LogP) is 2.91. The average molecular weight is 295 g/mol. The molecule has 2 rings (SSSR count). The lowest BCUT2D eigenvalue weighted by molar-refractivity contribution is 0.506. The summed E-state index contributed by atoms with van der Waals surface area (Å²) in [6.07, 6.45) is 4.57. The molecule has 0 aliphatic rings. The quantitative estimate of drug-likeness (QED) is 0.853. The van der Waals surface area contributed by atoms with Crippen molar-refractivity contribution in [1.29, 1.82) is 0 Å². The maximum Gasteiger partial charge on any atom is 0.147 e. The van der Waals surface area contributed by atoms with Gasteiger partial charge in [-0.15, -0.1) is 0 Å². The molecular formula is C15H21NO3S. The number of benzene rings is 1. The topological polar surface area (TPSA) is 59.3 Å². The first-order valence-electron chi connectivity index (χ1n) is 6.88. The third kappa shape index (κ3) is 3.84. The zero-order valence-electron chi connectivity index (χ0n) is 11.9. The Hall–Kier alpha value is -1.33. The molecule has 0 radical (unpaired) electrons. The summed E-state index contributed by atoms with van der Waals surface area (Å²) in [6.45, 7) is 2.95. The molecule has 5 heteroatoms. The maximum atomic E-state index is 11.4. The van der Waals surface area contributed by atoms with Crippen molar-refractivity contribution in [1.82, 2.24) is 5.32 Å². The third-order valence-corrected chi connectivity index (χ3v) is 4.28. The summed E-state index contributed by atoms with van der Waals surface area (Å²) >= 11 is 0. The van der Waals surface area contributed by atoms with E-state index >= 15 is 0 Å². The lowest BCUT2D eigenvalue weighted by Gasteiger charge is -2.17. The number of para-hydroxylation sites is 1. The van der Waals surface area contributed by atoms with Crippen molar-refractivity contribution < 1.29 is 12.8 Å². The number of rotatable bonds is 7. The molecule has 1 N–H and O–H groups in total. The number of fused-ring (bicyclic) bond motifs is 1. The van der Waals surface area contributed by atoms with E-state index in [1.165, 1.54) is 6.26 Å². The molecule has 110 valence electrons. The molecule has 20 heavy (non-hydrogen) atoms. The number of hydrogen-bond donors (Lipinski definition) is 1. The first kappa shape index (κ1) is 15.1. The summed E-state index contributed by atoms with van der Waals surface area (Å²) in [5.41, 5.74) is 1.88. The van der Waals surface area contributed by atoms with Crippen LogP contribution in [0.3, 0.4) is 0 Å². The largest absolute Gasteiger partial charge is 0.464 e. The Morgan fingerprint density at radius 2 is 2.05 bits per heavy atom. The highest BCUT2D eigenvalue weighted by molar-refractivity contribution is 7.90. The summed E-state index contributed by atoms with van der Waals surface area (Å²) in [6, 6.07) is 7.84. The molecule has 1 aromatic carbocycles. The molecule has 0 saturated heterocycles. The molecule has 1 unspecified atom stereocenters. The normalized spacial score (nSPS) is 13.7. The van der Waals surface area contributed by atoms with Gasteiger partial charge in [0, 0.05) is 23.2 Å². The Balaban J connectivity index is 2.25. The van der Waals surface area contributed by atoms with E-state index in [2.05, 4.69) is 12.2 Å². The summed E-state index contributed by atoms with van der Waals surface area (Å²) in [7, 11) is -2.96. The van der Waals surface area contributed by atoms with E-state index in [1.54, 1.807) is 6.26 Å². The summed E-state index contributed by atoms with van der Waals surface area (Å²) in [5, 5.41) is 4.46. The Morgan fingerprint density at radius 1 is 1.30 bits per heavy atom. The second-order valence-corrected chi connectivity index (χ2v) is 7.37. The monoisotopic (exact) mass is 295 g/mol. The molecule has 2 aromatic rings. The van der Waals surface area contributed by atoms with Crippen LogP contribution < -0.4 is 5.32 Å². The van der Waals surface area contributed by atoms with Crippen LogP contribution in [0.5, 0.6) is 0 Å². The highest BCUT2D eigenvalue weighted by Gasteiger charge is 2.18. The first-order valence-corrected chi connectivity index (χ1v) is 8.94. The van der Waals surface area contributed by atoms with E-state index in [4.69, 9.17) is 4.42 Å². The molecule has 4 nitrogen and oxygen atoms in total. The fraction of sp³-hybridized carbons (Fsp3) is 0.467. The lowest BCUT2D eigenvalue weighted by Crippen LogP contribution is -2.24. The van der Waals surface area contributed by atoms with Crippen molar-refractivity contribution in [2.75, 3.05) is 18.6 Å². The van der Waals surface area contributed by atoms with Gasteiger partial charge in [-0.05, 0) is 25.5 Å². The molecule has 0 bridgehead atoms. The van der Waals surface area contributed by atoms with Crippen LogP contribution >= 0.6 is 0 Å². The van der Waals surface area contributed by atoms with Crippen LogP contribution in [0.1, 0.15) is 31.4 Å². The zero-order valence-corrected chi connectivity index (χ0v) is 12.7. The molecule has 0 aliphatic heterocycles. The number of hydrogen-bond acceptors (Lipinski definition) is 4. The predicted molar refractivity (Wildman–Crippen MR) is 81.6 cm³/mol. The van der Waals surface area contributed by atoms with E-state index in [0.29, 0.717) is 6.42 Å². The van der Waals surface area contributed by atoms with Gasteiger partial charge >= 0.3 is 0 Å². The number of furan rings is 1. The van der Waals surface area contributed by atoms with Crippen molar-refractivity contribution in [2.24, 2.45) is 0 Å². The SMILES string of the molecule is CCCNC(CCS(C)(=O)=O)c1coc2ccccc12. The second kappa shape index (κ2) is 6.41. The van der Waals surface area contributed by atoms with E-state index in [0.717, 1.165) is 29.5 Å². The van der Waals surface area contributed by atoms with E-state index in [9.17, 15) is 8.42 Å². The number of nitrogens with one attached hydrogen (secondary N) is 1. The van der Waals surface area contributed by atoms with E-state index < -0.39 is 9.84 Å². The highest BCUT2D eigenvalue weighted by atomic mass is 32.2. The highest BCUT2D eigenvalue weighted by Crippen LogP contribution is 2.28. The van der Waals surface area contributed by atoms with Crippen molar-refractivity contribution in [3.05, 3.63) is 36.1 Å². The standard InChI is InChI=1S/C15H21NO3S/c1-3-9-16-14(8-10-20(2,17)18)13-11-19-15-7-5-4-6-12(13)15/h4-7,11,14,16H,3,8-10H2,1-2H3. The minimum Gasteiger partial charge on any atom is -0.464 e. The molecule has 0 aliphatic carbocycles. The van der Waals surface area contributed by atoms with Crippen LogP contribution in [-0.2, 0) is 9.84 Å². The van der Waals surface area contributed by atoms with Gasteiger partial charge in [0.05, 0.1) is 12.0 Å². The van der Waals surface area contributed by atoms with Gasteiger partial charge in [0.2, 0.25) is 0 Å². The van der Waals surface area contributed by atoms with Crippen molar-refractivity contribution in [3.63, 3.8) is 0 Å². The Labute approximate surface area is 120 Å². The van der Waals surface area contributed by atoms with Gasteiger partial charge < -0.3 is 9.73 Å². The van der Waals surface area contributed by atoms with Gasteiger partial charge in [-0.1, -0.05) is 25.1 Å². The average Bonchev–Trinajstić information content (AvgIpc) is 2.82. The molecule has 0 saturated carbocycles. The minimum absolute atomic E-state index is 0.00771. The van der Waals surface area contributed by atoms with E-state index in [-0.39, 0.29) is 11.8 Å². The van der Waals surface area contributed by atoms with Crippen LogP contribution in [-0.4, -0.2) is 27.0 Å². The van der Waals surface area contributed by atoms with Crippen molar-refractivity contribution in [2.45, 2.75) is 25.8 Å². The van der Waals surface area contributed by atoms with Crippen molar-refractivity contribution >= 4 is 20.8 Å². The van der Waals surface area contributed by atoms with Crippen LogP contribution in [0.15, 0.2) is 34.9 Å². The number of sulfone groups is 1. The van der Waals surface area contributed by atoms with Gasteiger partial charge in [0.15, 0.2) is 0 Å². The summed E-state index contributed by atoms with van der Waals surface area (Å²) < 4.78 is 28.3. The smallest absolute Gasteiger partial charge is 0.147 e. The molecule has 1 atom stereocenters. The fourth-order valence-corrected chi connectivity index (χ4v) is 2.95. The van der Waals surface area contributed by atoms with Crippen LogP contribution in [0.4, 0.5) is 0 Å². The molecular weight excluding hydrogens is 274 g/mol. The molecule has 1 aromatic heterocycles. The van der Waals surface area contributed by atoms with Gasteiger partial charge in [-0.25, -0.2) is 8.42 Å². The van der Waals surface area contributed by atoms with Gasteiger partial charge in [-0.2, -0.15) is 0 Å². The van der Waals surface area contributed by atoms with Gasteiger partial charge in [-0.3, -0.25) is 0 Å². The molecule has 0 spiro atoms. The van der Waals surface area contributed by atoms with Gasteiger partial charge in [0.25, 0.3) is 0 Å². The third-order valence-electron chi connectivity index (χ3n) is 3.30. The van der Waals surface area contributed by atoms with Gasteiger partial charge in [0.1, 0.15) is 15.4 Å². The molecule has 0 amide bonds. The van der Waals surface area contributed by atoms with E-state index in [1.807, 2.05) is 24.3 Å². The summed E-state index contributed by atoms with van der Waals surface area (Å²) in [5.74, 6) is 0.174. The fourth-order valence-electron chi connectivity index (χ4n) is 2.29. The second-order valence-electron chi connectivity index (χ2n) is 5.11. The maximum absolute atomic E-state index is 11.4. The summed E-state index contributed by atoms with van der Waals surface area (Å²) in [4.78, 5) is 0. The van der Waals surface area contributed by atoms with Crippen LogP contribution in [0.25, 0.3) is 11.0 Å². The lowest BCUT2D eigenvalue weighted by atomic mass is 10.0. The zero-order chi connectivity index (χ0) is 14.6. The molecule has 0 fully saturated rings. The van der Waals surface area contributed by atoms with Crippen LogP contribution in [0, 0.1) is 0 Å². The Kier molecular flexibility index (Phi) is 4.83. The minimum atomic E-state index is -2.96.